The number of hydrogen-bond acceptors (Lipinski definition) is 5. The van der Waals surface area contributed by atoms with Gasteiger partial charge in [-0.15, -0.1) is 0 Å². The normalized spacial score (nSPS) is 38.9. The minimum atomic E-state index is -4.46. The highest BCUT2D eigenvalue weighted by atomic mass is 32.2. The van der Waals surface area contributed by atoms with E-state index >= 15 is 0 Å². The molecule has 224 valence electrons. The van der Waals surface area contributed by atoms with Crippen LogP contribution in [0, 0.1) is 46.3 Å². The Morgan fingerprint density at radius 1 is 1.02 bits per heavy atom. The zero-order chi connectivity index (χ0) is 28.7. The maximum Gasteiger partial charge on any atom is 0.220 e. The number of carbonyl (C=O) groups is 1. The van der Waals surface area contributed by atoms with Gasteiger partial charge in [0, 0.05) is 12.5 Å². The molecule has 0 aliphatic heterocycles. The van der Waals surface area contributed by atoms with E-state index in [9.17, 15) is 22.9 Å². The summed E-state index contributed by atoms with van der Waals surface area (Å²) >= 11 is 0. The standard InChI is InChI=1S/C33H51NO5S/c1-22(9-14-31(36)34-25(21-40(37,38)39)19-23-7-5-4-6-8-23)28-12-13-29-27-11-10-24-20-26(35)15-17-32(24,2)30(27)16-18-33(28,29)3/h4-8,22,24-30,35H,9-21H2,1-3H3,(H,34,36)(H,37,38,39)/p-1/t22-,24-,25+,26-,27+,28-,29+,30+,32+,33-/m1/s1. The largest absolute Gasteiger partial charge is 0.748 e. The van der Waals surface area contributed by atoms with E-state index < -0.39 is 21.9 Å². The van der Waals surface area contributed by atoms with Gasteiger partial charge in [0.25, 0.3) is 0 Å². The van der Waals surface area contributed by atoms with E-state index in [0.717, 1.165) is 42.6 Å². The van der Waals surface area contributed by atoms with E-state index in [4.69, 9.17) is 0 Å². The number of benzene rings is 1. The minimum Gasteiger partial charge on any atom is -0.748 e. The molecule has 6 nitrogen and oxygen atoms in total. The van der Waals surface area contributed by atoms with Gasteiger partial charge >= 0.3 is 0 Å². The Labute approximate surface area is 241 Å². The van der Waals surface area contributed by atoms with Crippen molar-refractivity contribution in [2.45, 2.75) is 110 Å². The van der Waals surface area contributed by atoms with Crippen molar-refractivity contribution in [3.8, 4) is 0 Å². The molecule has 1 amide bonds. The van der Waals surface area contributed by atoms with Gasteiger partial charge in [-0.2, -0.15) is 0 Å². The van der Waals surface area contributed by atoms with Crippen LogP contribution in [0.1, 0.15) is 97.0 Å². The average Bonchev–Trinajstić information content (AvgIpc) is 3.24. The van der Waals surface area contributed by atoms with E-state index in [0.29, 0.717) is 41.4 Å². The van der Waals surface area contributed by atoms with Crippen molar-refractivity contribution >= 4 is 16.0 Å². The van der Waals surface area contributed by atoms with Crippen LogP contribution in [0.25, 0.3) is 0 Å². The Kier molecular flexibility index (Phi) is 8.77. The number of fused-ring (bicyclic) bond motifs is 5. The fourth-order valence-electron chi connectivity index (χ4n) is 10.4. The molecule has 1 aromatic rings. The summed E-state index contributed by atoms with van der Waals surface area (Å²) in [6.45, 7) is 7.39. The first-order valence-electron chi connectivity index (χ1n) is 15.8. The van der Waals surface area contributed by atoms with Crippen LogP contribution in [0.15, 0.2) is 30.3 Å². The van der Waals surface area contributed by atoms with Crippen LogP contribution >= 0.6 is 0 Å². The highest BCUT2D eigenvalue weighted by Crippen LogP contribution is 2.68. The highest BCUT2D eigenvalue weighted by Gasteiger charge is 2.60. The smallest absolute Gasteiger partial charge is 0.220 e. The van der Waals surface area contributed by atoms with Gasteiger partial charge in [0.1, 0.15) is 0 Å². The molecule has 0 bridgehead atoms. The van der Waals surface area contributed by atoms with Gasteiger partial charge in [0.2, 0.25) is 5.91 Å². The molecule has 4 fully saturated rings. The first-order chi connectivity index (χ1) is 18.9. The van der Waals surface area contributed by atoms with Gasteiger partial charge in [-0.3, -0.25) is 4.79 Å². The van der Waals surface area contributed by atoms with Crippen molar-refractivity contribution in [3.05, 3.63) is 35.9 Å². The number of nitrogens with one attached hydrogen (secondary N) is 1. The summed E-state index contributed by atoms with van der Waals surface area (Å²) in [6, 6.07) is 8.68. The van der Waals surface area contributed by atoms with Crippen LogP contribution in [-0.2, 0) is 21.3 Å². The molecule has 2 N–H and O–H groups in total. The molecule has 10 atom stereocenters. The molecular formula is C33H50NO5S-. The molecule has 1 aromatic carbocycles. The Bertz CT molecular complexity index is 1140. The molecule has 40 heavy (non-hydrogen) atoms. The van der Waals surface area contributed by atoms with Crippen molar-refractivity contribution in [2.24, 2.45) is 46.3 Å². The predicted octanol–water partition coefficient (Wildman–Crippen LogP) is 5.70. The monoisotopic (exact) mass is 572 g/mol. The van der Waals surface area contributed by atoms with Gasteiger partial charge in [-0.25, -0.2) is 8.42 Å². The Morgan fingerprint density at radius 2 is 1.73 bits per heavy atom. The van der Waals surface area contributed by atoms with Crippen LogP contribution < -0.4 is 5.32 Å². The number of carbonyl (C=O) groups excluding carboxylic acids is 1. The molecule has 0 saturated heterocycles. The number of aliphatic hydroxyl groups excluding tert-OH is 1. The molecule has 0 spiro atoms. The van der Waals surface area contributed by atoms with Crippen LogP contribution in [0.4, 0.5) is 0 Å². The molecule has 5 rings (SSSR count). The summed E-state index contributed by atoms with van der Waals surface area (Å²) in [5, 5.41) is 13.2. The van der Waals surface area contributed by atoms with Crippen molar-refractivity contribution in [1.82, 2.24) is 5.32 Å². The lowest BCUT2D eigenvalue weighted by atomic mass is 9.44. The van der Waals surface area contributed by atoms with Gasteiger partial charge in [-0.05, 0) is 123 Å². The number of rotatable bonds is 9. The summed E-state index contributed by atoms with van der Waals surface area (Å²) in [6.07, 6.45) is 12.2. The molecule has 0 heterocycles. The molecular weight excluding hydrogens is 522 g/mol. The van der Waals surface area contributed by atoms with E-state index in [-0.39, 0.29) is 12.0 Å². The summed E-state index contributed by atoms with van der Waals surface area (Å²) in [5.41, 5.74) is 1.61. The average molecular weight is 573 g/mol. The van der Waals surface area contributed by atoms with Crippen LogP contribution in [0.2, 0.25) is 0 Å². The van der Waals surface area contributed by atoms with Gasteiger partial charge < -0.3 is 15.0 Å². The number of hydrogen-bond donors (Lipinski definition) is 2. The zero-order valence-electron chi connectivity index (χ0n) is 24.7. The van der Waals surface area contributed by atoms with Gasteiger partial charge in [0.05, 0.1) is 22.0 Å². The number of amides is 1. The Morgan fingerprint density at radius 3 is 2.45 bits per heavy atom. The van der Waals surface area contributed by atoms with Gasteiger partial charge in [-0.1, -0.05) is 51.1 Å². The second-order valence-electron chi connectivity index (χ2n) is 14.5. The molecule has 4 aliphatic rings. The first-order valence-corrected chi connectivity index (χ1v) is 17.4. The maximum absolute atomic E-state index is 13.0. The summed E-state index contributed by atoms with van der Waals surface area (Å²) < 4.78 is 34.6. The van der Waals surface area contributed by atoms with Crippen LogP contribution in [0.3, 0.4) is 0 Å². The van der Waals surface area contributed by atoms with E-state index in [1.807, 2.05) is 30.3 Å². The SMILES string of the molecule is C[C@H](CCC(=O)N[C@@H](Cc1ccccc1)CS(=O)(=O)[O-])[C@H]1CC[C@H]2[C@@H]3CC[C@@H]4C[C@H](O)CC[C@]4(C)[C@H]3CC[C@]12C. The van der Waals surface area contributed by atoms with E-state index in [1.54, 1.807) is 0 Å². The lowest BCUT2D eigenvalue weighted by Crippen LogP contribution is -2.54. The molecule has 7 heteroatoms. The Hall–Kier alpha value is -1.44. The molecule has 4 saturated carbocycles. The summed E-state index contributed by atoms with van der Waals surface area (Å²) in [7, 11) is -4.46. The number of aliphatic hydroxyl groups is 1. The topological polar surface area (TPSA) is 107 Å². The van der Waals surface area contributed by atoms with Crippen LogP contribution in [-0.4, -0.2) is 41.9 Å². The van der Waals surface area contributed by atoms with Crippen molar-refractivity contribution < 1.29 is 22.9 Å². The lowest BCUT2D eigenvalue weighted by Gasteiger charge is -2.61. The predicted molar refractivity (Wildman–Crippen MR) is 156 cm³/mol. The van der Waals surface area contributed by atoms with Crippen molar-refractivity contribution in [2.75, 3.05) is 5.75 Å². The van der Waals surface area contributed by atoms with Crippen molar-refractivity contribution in [1.29, 1.82) is 0 Å². The first kappa shape index (κ1) is 30.0. The molecule has 4 aliphatic carbocycles. The lowest BCUT2D eigenvalue weighted by molar-refractivity contribution is -0.130. The second kappa shape index (κ2) is 11.7. The fourth-order valence-corrected chi connectivity index (χ4v) is 11.1. The highest BCUT2D eigenvalue weighted by molar-refractivity contribution is 7.85. The molecule has 0 radical (unpaired) electrons. The minimum absolute atomic E-state index is 0.101. The Balaban J connectivity index is 1.18. The molecule has 0 unspecified atom stereocenters. The third kappa shape index (κ3) is 6.17. The maximum atomic E-state index is 13.0. The van der Waals surface area contributed by atoms with Crippen LogP contribution in [0.5, 0.6) is 0 Å². The second-order valence-corrected chi connectivity index (χ2v) is 16.0. The quantitative estimate of drug-likeness (QED) is 0.370. The van der Waals surface area contributed by atoms with Gasteiger partial charge in [0.15, 0.2) is 0 Å². The third-order valence-electron chi connectivity index (χ3n) is 12.3. The van der Waals surface area contributed by atoms with Crippen molar-refractivity contribution in [3.63, 3.8) is 0 Å². The summed E-state index contributed by atoms with van der Waals surface area (Å²) in [5.74, 6) is 3.29. The zero-order valence-corrected chi connectivity index (χ0v) is 25.5. The fraction of sp³-hybridized carbons (Fsp3) is 0.788. The molecule has 0 aromatic heterocycles. The third-order valence-corrected chi connectivity index (χ3v) is 13.1. The van der Waals surface area contributed by atoms with E-state index in [2.05, 4.69) is 26.1 Å². The van der Waals surface area contributed by atoms with E-state index in [1.165, 1.54) is 44.9 Å². The summed E-state index contributed by atoms with van der Waals surface area (Å²) in [4.78, 5) is 13.0.